The third-order valence-corrected chi connectivity index (χ3v) is 5.75. The van der Waals surface area contributed by atoms with Crippen LogP contribution >= 0.6 is 0 Å². The topological polar surface area (TPSA) is 42.5 Å². The summed E-state index contributed by atoms with van der Waals surface area (Å²) in [4.78, 5) is 0. The van der Waals surface area contributed by atoms with E-state index in [0.717, 1.165) is 36.6 Å². The monoisotopic (exact) mass is 368 g/mol. The van der Waals surface area contributed by atoms with Gasteiger partial charge in [-0.2, -0.15) is 0 Å². The molecule has 2 N–H and O–H groups in total. The van der Waals surface area contributed by atoms with Gasteiger partial charge in [0, 0.05) is 29.4 Å². The molecule has 2 atom stereocenters. The Morgan fingerprint density at radius 3 is 2.37 bits per heavy atom. The molecule has 3 rings (SSSR count). The van der Waals surface area contributed by atoms with E-state index in [4.69, 9.17) is 9.47 Å². The Morgan fingerprint density at radius 1 is 1.04 bits per heavy atom. The molecule has 1 aliphatic heterocycles. The Bertz CT molecular complexity index is 748. The van der Waals surface area contributed by atoms with Gasteiger partial charge in [0.25, 0.3) is 0 Å². The molecule has 2 aromatic rings. The van der Waals surface area contributed by atoms with E-state index >= 15 is 0 Å². The van der Waals surface area contributed by atoms with E-state index in [0.29, 0.717) is 0 Å². The molecule has 0 bridgehead atoms. The van der Waals surface area contributed by atoms with Gasteiger partial charge in [-0.05, 0) is 24.5 Å². The second-order valence-electron chi connectivity index (χ2n) is 7.37. The Balaban J connectivity index is 2.10. The lowest BCUT2D eigenvalue weighted by molar-refractivity contribution is 0.283. The lowest BCUT2D eigenvalue weighted by Gasteiger charge is -2.36. The number of nitrogens with one attached hydrogen (secondary N) is 2. The number of hydrogen-bond donors (Lipinski definition) is 2. The highest BCUT2D eigenvalue weighted by atomic mass is 16.5. The highest BCUT2D eigenvalue weighted by Gasteiger charge is 2.35. The van der Waals surface area contributed by atoms with Gasteiger partial charge in [0.15, 0.2) is 11.5 Å². The lowest BCUT2D eigenvalue weighted by atomic mass is 9.87. The number of fused-ring (bicyclic) bond motifs is 1. The van der Waals surface area contributed by atoms with Crippen molar-refractivity contribution in [3.63, 3.8) is 0 Å². The van der Waals surface area contributed by atoms with Gasteiger partial charge < -0.3 is 14.8 Å². The van der Waals surface area contributed by atoms with Crippen LogP contribution in [0.5, 0.6) is 11.5 Å². The first-order valence-corrected chi connectivity index (χ1v) is 9.98. The van der Waals surface area contributed by atoms with Gasteiger partial charge >= 0.3 is 0 Å². The van der Waals surface area contributed by atoms with E-state index in [2.05, 4.69) is 66.9 Å². The maximum atomic E-state index is 5.59. The number of rotatable bonds is 7. The first kappa shape index (κ1) is 19.6. The van der Waals surface area contributed by atoms with Crippen molar-refractivity contribution in [3.05, 3.63) is 53.6 Å². The third kappa shape index (κ3) is 4.06. The van der Waals surface area contributed by atoms with E-state index in [1.807, 2.05) is 0 Å². The second kappa shape index (κ2) is 8.66. The van der Waals surface area contributed by atoms with Crippen LogP contribution in [0.15, 0.2) is 42.5 Å². The minimum absolute atomic E-state index is 0.0516. The summed E-state index contributed by atoms with van der Waals surface area (Å²) in [5, 5.41) is 7.72. The van der Waals surface area contributed by atoms with Crippen molar-refractivity contribution >= 4 is 5.69 Å². The maximum absolute atomic E-state index is 5.59. The maximum Gasteiger partial charge on any atom is 0.162 e. The Kier molecular flexibility index (Phi) is 6.27. The van der Waals surface area contributed by atoms with Gasteiger partial charge in [0.05, 0.1) is 20.3 Å². The predicted octanol–water partition coefficient (Wildman–Crippen LogP) is 5.15. The molecule has 0 fully saturated rings. The molecule has 0 spiro atoms. The molecule has 0 saturated carbocycles. The Hall–Kier alpha value is -2.20. The predicted molar refractivity (Wildman–Crippen MR) is 112 cm³/mol. The summed E-state index contributed by atoms with van der Waals surface area (Å²) in [5.74, 6) is 1.52. The summed E-state index contributed by atoms with van der Waals surface area (Å²) in [7, 11) is 3.38. The minimum atomic E-state index is 0.0516. The molecule has 1 aliphatic rings. The van der Waals surface area contributed by atoms with Gasteiger partial charge in [0.1, 0.15) is 0 Å². The van der Waals surface area contributed by atoms with E-state index in [1.54, 1.807) is 14.2 Å². The molecule has 2 aromatic carbocycles. The molecule has 146 valence electrons. The molecule has 27 heavy (non-hydrogen) atoms. The van der Waals surface area contributed by atoms with Crippen molar-refractivity contribution in [2.45, 2.75) is 51.1 Å². The molecule has 0 amide bonds. The summed E-state index contributed by atoms with van der Waals surface area (Å²) in [6.07, 6.45) is 4.64. The van der Waals surface area contributed by atoms with Crippen LogP contribution < -0.4 is 20.1 Å². The SMILES string of the molecule is CCCCC1(CC)CNc2cc(OC)c(OC)cc2C(c2ccccc2)N1. The van der Waals surface area contributed by atoms with Crippen molar-refractivity contribution in [3.8, 4) is 11.5 Å². The fourth-order valence-corrected chi connectivity index (χ4v) is 3.97. The smallest absolute Gasteiger partial charge is 0.162 e. The Morgan fingerprint density at radius 2 is 1.74 bits per heavy atom. The van der Waals surface area contributed by atoms with Gasteiger partial charge in [-0.1, -0.05) is 57.0 Å². The average molecular weight is 369 g/mol. The summed E-state index contributed by atoms with van der Waals surface area (Å²) in [6, 6.07) is 15.0. The van der Waals surface area contributed by atoms with Gasteiger partial charge in [-0.3, -0.25) is 5.32 Å². The van der Waals surface area contributed by atoms with E-state index in [-0.39, 0.29) is 11.6 Å². The summed E-state index contributed by atoms with van der Waals surface area (Å²) in [6.45, 7) is 5.44. The molecule has 0 aromatic heterocycles. The van der Waals surface area contributed by atoms with Crippen molar-refractivity contribution in [1.82, 2.24) is 5.32 Å². The Labute approximate surface area is 163 Å². The van der Waals surface area contributed by atoms with E-state index in [1.165, 1.54) is 24.0 Å². The van der Waals surface area contributed by atoms with Crippen LogP contribution in [0.3, 0.4) is 0 Å². The van der Waals surface area contributed by atoms with Gasteiger partial charge in [0.2, 0.25) is 0 Å². The zero-order valence-electron chi connectivity index (χ0n) is 17.0. The second-order valence-corrected chi connectivity index (χ2v) is 7.37. The first-order valence-electron chi connectivity index (χ1n) is 9.98. The number of hydrogen-bond acceptors (Lipinski definition) is 4. The molecule has 0 radical (unpaired) electrons. The van der Waals surface area contributed by atoms with Crippen molar-refractivity contribution in [1.29, 1.82) is 0 Å². The van der Waals surface area contributed by atoms with Crippen LogP contribution in [0.25, 0.3) is 0 Å². The number of benzene rings is 2. The zero-order chi connectivity index (χ0) is 19.3. The zero-order valence-corrected chi connectivity index (χ0v) is 17.0. The molecular formula is C23H32N2O2. The fraction of sp³-hybridized carbons (Fsp3) is 0.478. The average Bonchev–Trinajstić information content (AvgIpc) is 2.89. The van der Waals surface area contributed by atoms with Crippen LogP contribution in [0, 0.1) is 0 Å². The van der Waals surface area contributed by atoms with Crippen molar-refractivity contribution < 1.29 is 9.47 Å². The molecule has 4 nitrogen and oxygen atoms in total. The van der Waals surface area contributed by atoms with Gasteiger partial charge in [-0.25, -0.2) is 0 Å². The van der Waals surface area contributed by atoms with E-state index in [9.17, 15) is 0 Å². The fourth-order valence-electron chi connectivity index (χ4n) is 3.97. The standard InChI is InChI=1S/C23H32N2O2/c1-5-7-13-23(6-2)16-24-19-15-21(27-4)20(26-3)14-18(19)22(25-23)17-11-9-8-10-12-17/h8-12,14-15,22,24-25H,5-7,13,16H2,1-4H3. The van der Waals surface area contributed by atoms with Gasteiger partial charge in [-0.15, -0.1) is 0 Å². The van der Waals surface area contributed by atoms with Crippen LogP contribution in [0.4, 0.5) is 5.69 Å². The summed E-state index contributed by atoms with van der Waals surface area (Å²) in [5.41, 5.74) is 3.63. The first-order chi connectivity index (χ1) is 13.2. The van der Waals surface area contributed by atoms with Crippen molar-refractivity contribution in [2.75, 3.05) is 26.1 Å². The molecular weight excluding hydrogens is 336 g/mol. The highest BCUT2D eigenvalue weighted by molar-refractivity contribution is 5.64. The third-order valence-electron chi connectivity index (χ3n) is 5.75. The molecule has 2 unspecified atom stereocenters. The number of methoxy groups -OCH3 is 2. The van der Waals surface area contributed by atoms with Crippen LogP contribution in [-0.4, -0.2) is 26.3 Å². The normalized spacial score (nSPS) is 21.7. The largest absolute Gasteiger partial charge is 0.493 e. The lowest BCUT2D eigenvalue weighted by Crippen LogP contribution is -2.50. The van der Waals surface area contributed by atoms with Crippen LogP contribution in [0.2, 0.25) is 0 Å². The summed E-state index contributed by atoms with van der Waals surface area (Å²) < 4.78 is 11.1. The quantitative estimate of drug-likeness (QED) is 0.709. The van der Waals surface area contributed by atoms with E-state index < -0.39 is 0 Å². The van der Waals surface area contributed by atoms with Crippen LogP contribution in [-0.2, 0) is 0 Å². The van der Waals surface area contributed by atoms with Crippen molar-refractivity contribution in [2.24, 2.45) is 0 Å². The number of anilines is 1. The molecule has 0 aliphatic carbocycles. The number of ether oxygens (including phenoxy) is 2. The molecule has 0 saturated heterocycles. The minimum Gasteiger partial charge on any atom is -0.493 e. The van der Waals surface area contributed by atoms with Crippen LogP contribution in [0.1, 0.15) is 56.7 Å². The number of unbranched alkanes of at least 4 members (excludes halogenated alkanes) is 1. The summed E-state index contributed by atoms with van der Waals surface area (Å²) >= 11 is 0. The molecule has 4 heteroatoms. The molecule has 1 heterocycles. The highest BCUT2D eigenvalue weighted by Crippen LogP contribution is 2.41.